The van der Waals surface area contributed by atoms with Gasteiger partial charge in [-0.15, -0.1) is 0 Å². The van der Waals surface area contributed by atoms with E-state index in [2.05, 4.69) is 15.3 Å². The molecule has 2 heterocycles. The first-order valence-corrected chi connectivity index (χ1v) is 9.48. The average molecular weight is 418 g/mol. The van der Waals surface area contributed by atoms with Gasteiger partial charge in [-0.05, 0) is 11.1 Å². The number of cyclic esters (lactones) is 1. The monoisotopic (exact) mass is 418 g/mol. The predicted octanol–water partition coefficient (Wildman–Crippen LogP) is 1.25. The molecule has 3 aromatic rings. The second-order valence-electron chi connectivity index (χ2n) is 6.85. The minimum absolute atomic E-state index is 0.209. The number of hydrogen-bond acceptors (Lipinski definition) is 6. The topological polar surface area (TPSA) is 121 Å². The van der Waals surface area contributed by atoms with Crippen molar-refractivity contribution in [1.29, 1.82) is 0 Å². The van der Waals surface area contributed by atoms with Crippen molar-refractivity contribution in [2.45, 2.75) is 6.04 Å². The second-order valence-corrected chi connectivity index (χ2v) is 6.85. The third-order valence-electron chi connectivity index (χ3n) is 4.78. The van der Waals surface area contributed by atoms with Crippen LogP contribution in [0.5, 0.6) is 0 Å². The zero-order valence-electron chi connectivity index (χ0n) is 16.3. The van der Waals surface area contributed by atoms with Gasteiger partial charge in [0.05, 0.1) is 6.04 Å². The smallest absolute Gasteiger partial charge is 0.327 e. The van der Waals surface area contributed by atoms with Crippen molar-refractivity contribution in [3.8, 4) is 0 Å². The summed E-state index contributed by atoms with van der Waals surface area (Å²) >= 11 is 0. The average Bonchev–Trinajstić information content (AvgIpc) is 3.24. The molecule has 0 spiro atoms. The molecule has 2 aromatic carbocycles. The lowest BCUT2D eigenvalue weighted by molar-refractivity contribution is -0.136. The molecule has 156 valence electrons. The van der Waals surface area contributed by atoms with Gasteiger partial charge < -0.3 is 15.0 Å². The Morgan fingerprint density at radius 1 is 1.00 bits per heavy atom. The van der Waals surface area contributed by atoms with Crippen molar-refractivity contribution >= 4 is 17.8 Å². The molecule has 1 fully saturated rings. The number of amides is 2. The van der Waals surface area contributed by atoms with Crippen molar-refractivity contribution in [3.05, 3.63) is 99.7 Å². The van der Waals surface area contributed by atoms with Gasteiger partial charge in [0.2, 0.25) is 0 Å². The van der Waals surface area contributed by atoms with Crippen LogP contribution in [0.2, 0.25) is 0 Å². The Morgan fingerprint density at radius 2 is 1.61 bits per heavy atom. The zero-order chi connectivity index (χ0) is 21.8. The van der Waals surface area contributed by atoms with Gasteiger partial charge in [0.15, 0.2) is 12.6 Å². The van der Waals surface area contributed by atoms with E-state index >= 15 is 0 Å². The molecule has 1 aliphatic rings. The summed E-state index contributed by atoms with van der Waals surface area (Å²) in [6.45, 7) is -0.430. The fourth-order valence-electron chi connectivity index (χ4n) is 3.20. The molecule has 1 aromatic heterocycles. The fourth-order valence-corrected chi connectivity index (χ4v) is 3.20. The van der Waals surface area contributed by atoms with E-state index in [-0.39, 0.29) is 24.7 Å². The van der Waals surface area contributed by atoms with Gasteiger partial charge in [0, 0.05) is 6.20 Å². The van der Waals surface area contributed by atoms with Crippen LogP contribution in [0.1, 0.15) is 38.1 Å². The van der Waals surface area contributed by atoms with Crippen LogP contribution in [0.25, 0.3) is 0 Å². The Labute approximate surface area is 176 Å². The molecule has 2 N–H and O–H groups in total. The van der Waals surface area contributed by atoms with Gasteiger partial charge in [-0.2, -0.15) is 0 Å². The molecule has 0 aliphatic carbocycles. The Hall–Kier alpha value is -4.27. The summed E-state index contributed by atoms with van der Waals surface area (Å²) in [7, 11) is 0. The number of carbonyl (C=O) groups is 3. The lowest BCUT2D eigenvalue weighted by atomic mass is 9.98. The molecular formula is C22H18N4O5. The highest BCUT2D eigenvalue weighted by molar-refractivity contribution is 5.96. The van der Waals surface area contributed by atoms with Crippen LogP contribution in [0.15, 0.2) is 71.7 Å². The molecule has 9 nitrogen and oxygen atoms in total. The summed E-state index contributed by atoms with van der Waals surface area (Å²) in [4.78, 5) is 56.2. The van der Waals surface area contributed by atoms with Crippen molar-refractivity contribution < 1.29 is 19.1 Å². The minimum Gasteiger partial charge on any atom is -0.443 e. The van der Waals surface area contributed by atoms with Gasteiger partial charge in [-0.25, -0.2) is 4.98 Å². The highest BCUT2D eigenvalue weighted by Gasteiger charge is 2.28. The van der Waals surface area contributed by atoms with E-state index in [1.165, 1.54) is 0 Å². The molecule has 0 unspecified atom stereocenters. The lowest BCUT2D eigenvalue weighted by Crippen LogP contribution is -2.36. The zero-order valence-corrected chi connectivity index (χ0v) is 16.3. The molecule has 31 heavy (non-hydrogen) atoms. The number of nitrogens with one attached hydrogen (secondary N) is 2. The molecule has 2 amide bonds. The summed E-state index contributed by atoms with van der Waals surface area (Å²) in [5, 5.41) is 2.86. The fraction of sp³-hybridized carbons (Fsp3) is 0.136. The van der Waals surface area contributed by atoms with Gasteiger partial charge >= 0.3 is 5.97 Å². The number of carbonyl (C=O) groups excluding carboxylic acids is 3. The lowest BCUT2D eigenvalue weighted by Gasteiger charge is -2.19. The van der Waals surface area contributed by atoms with E-state index in [1.807, 2.05) is 60.7 Å². The van der Waals surface area contributed by atoms with E-state index in [9.17, 15) is 19.2 Å². The largest absolute Gasteiger partial charge is 0.443 e. The molecular weight excluding hydrogens is 400 g/mol. The number of benzene rings is 2. The summed E-state index contributed by atoms with van der Waals surface area (Å²) in [5.41, 5.74) is 0.693. The number of ether oxygens (including phenoxy) is 1. The second kappa shape index (κ2) is 8.62. The number of esters is 1. The number of rotatable bonds is 5. The first-order valence-electron chi connectivity index (χ1n) is 9.48. The minimum atomic E-state index is -0.762. The van der Waals surface area contributed by atoms with Crippen LogP contribution >= 0.6 is 0 Å². The Balaban J connectivity index is 1.57. The first-order chi connectivity index (χ1) is 15.0. The Bertz CT molecular complexity index is 1140. The molecule has 9 heteroatoms. The first kappa shape index (κ1) is 20.0. The number of nitrogens with zero attached hydrogens (tertiary/aromatic N) is 2. The van der Waals surface area contributed by atoms with Crippen molar-refractivity contribution in [2.24, 2.45) is 0 Å². The van der Waals surface area contributed by atoms with Crippen LogP contribution < -0.4 is 10.9 Å². The molecule has 4 rings (SSSR count). The molecule has 0 saturated carbocycles. The predicted molar refractivity (Wildman–Crippen MR) is 109 cm³/mol. The van der Waals surface area contributed by atoms with Gasteiger partial charge in [-0.1, -0.05) is 60.7 Å². The highest BCUT2D eigenvalue weighted by atomic mass is 16.6. The van der Waals surface area contributed by atoms with Gasteiger partial charge in [0.25, 0.3) is 17.4 Å². The maximum atomic E-state index is 12.9. The molecule has 0 atom stereocenters. The van der Waals surface area contributed by atoms with E-state index in [1.54, 1.807) is 0 Å². The van der Waals surface area contributed by atoms with E-state index in [0.717, 1.165) is 22.2 Å². The van der Waals surface area contributed by atoms with Crippen LogP contribution in [0, 0.1) is 0 Å². The third-order valence-corrected chi connectivity index (χ3v) is 4.78. The Kier molecular flexibility index (Phi) is 5.57. The van der Waals surface area contributed by atoms with Crippen molar-refractivity contribution in [1.82, 2.24) is 20.2 Å². The quantitative estimate of drug-likeness (QED) is 0.602. The summed E-state index contributed by atoms with van der Waals surface area (Å²) in [6.07, 6.45) is 1.05. The van der Waals surface area contributed by atoms with E-state index in [4.69, 9.17) is 4.74 Å². The number of aromatic nitrogens is 2. The maximum absolute atomic E-state index is 12.9. The normalized spacial score (nSPS) is 13.2. The van der Waals surface area contributed by atoms with Crippen LogP contribution in [0.3, 0.4) is 0 Å². The van der Waals surface area contributed by atoms with E-state index < -0.39 is 29.4 Å². The SMILES string of the molecule is O=C1CN(C(=O)c2ncc(C(=O)NC(c3ccccc3)c3ccccc3)c(=O)[nH]2)CO1. The Morgan fingerprint density at radius 3 is 2.13 bits per heavy atom. The van der Waals surface area contributed by atoms with Crippen LogP contribution in [-0.4, -0.2) is 45.9 Å². The summed E-state index contributed by atoms with van der Waals surface area (Å²) in [5.74, 6) is -2.12. The number of hydrogen-bond donors (Lipinski definition) is 2. The third kappa shape index (κ3) is 4.35. The van der Waals surface area contributed by atoms with Gasteiger partial charge in [0.1, 0.15) is 12.1 Å². The number of aromatic amines is 1. The molecule has 0 bridgehead atoms. The van der Waals surface area contributed by atoms with Crippen molar-refractivity contribution in [3.63, 3.8) is 0 Å². The van der Waals surface area contributed by atoms with Crippen LogP contribution in [-0.2, 0) is 9.53 Å². The summed E-state index contributed by atoms with van der Waals surface area (Å²) in [6, 6.07) is 18.2. The molecule has 0 radical (unpaired) electrons. The standard InChI is InChI=1S/C22H18N4O5/c27-17-12-26(13-31-17)22(30)19-23-11-16(21(29)25-19)20(28)24-18(14-7-3-1-4-8-14)15-9-5-2-6-10-15/h1-11,18H,12-13H2,(H,24,28)(H,23,25,29). The summed E-state index contributed by atoms with van der Waals surface area (Å²) < 4.78 is 4.71. The van der Waals surface area contributed by atoms with Crippen molar-refractivity contribution in [2.75, 3.05) is 13.3 Å². The van der Waals surface area contributed by atoms with Gasteiger partial charge in [-0.3, -0.25) is 24.1 Å². The van der Waals surface area contributed by atoms with Crippen LogP contribution in [0.4, 0.5) is 0 Å². The molecule has 1 saturated heterocycles. The highest BCUT2D eigenvalue weighted by Crippen LogP contribution is 2.22. The number of H-pyrrole nitrogens is 1. The molecule has 1 aliphatic heterocycles. The maximum Gasteiger partial charge on any atom is 0.327 e. The van der Waals surface area contributed by atoms with E-state index in [0.29, 0.717) is 0 Å².